The van der Waals surface area contributed by atoms with Gasteiger partial charge in [-0.15, -0.1) is 0 Å². The molecule has 2 heterocycles. The molecule has 2 aromatic rings. The van der Waals surface area contributed by atoms with Crippen LogP contribution in [0.4, 0.5) is 9.18 Å². The number of amides is 2. The third kappa shape index (κ3) is 6.53. The van der Waals surface area contributed by atoms with Gasteiger partial charge in [0.25, 0.3) is 5.91 Å². The van der Waals surface area contributed by atoms with E-state index in [2.05, 4.69) is 15.3 Å². The minimum Gasteiger partial charge on any atom is -0.474 e. The second kappa shape index (κ2) is 11.6. The molecule has 1 aromatic heterocycles. The topological polar surface area (TPSA) is 112 Å². The van der Waals surface area contributed by atoms with Crippen molar-refractivity contribution in [3.05, 3.63) is 41.5 Å². The molecule has 3 rings (SSSR count). The van der Waals surface area contributed by atoms with Crippen LogP contribution in [0.2, 0.25) is 0 Å². The highest BCUT2D eigenvalue weighted by molar-refractivity contribution is 5.94. The number of ether oxygens (including phenoxy) is 4. The Morgan fingerprint density at radius 3 is 2.56 bits per heavy atom. The Morgan fingerprint density at radius 2 is 1.91 bits per heavy atom. The lowest BCUT2D eigenvalue weighted by Crippen LogP contribution is -2.42. The molecule has 0 spiro atoms. The zero-order valence-corrected chi connectivity index (χ0v) is 19.7. The van der Waals surface area contributed by atoms with Crippen LogP contribution in [0.3, 0.4) is 0 Å². The Bertz CT molecular complexity index is 1010. The molecule has 0 bridgehead atoms. The summed E-state index contributed by atoms with van der Waals surface area (Å²) in [6, 6.07) is 3.87. The van der Waals surface area contributed by atoms with E-state index < -0.39 is 11.7 Å². The van der Waals surface area contributed by atoms with E-state index in [1.807, 2.05) is 13.8 Å². The first-order valence-electron chi connectivity index (χ1n) is 11.0. The van der Waals surface area contributed by atoms with E-state index in [-0.39, 0.29) is 42.2 Å². The molecule has 1 fully saturated rings. The highest BCUT2D eigenvalue weighted by Crippen LogP contribution is 2.30. The summed E-state index contributed by atoms with van der Waals surface area (Å²) in [6.45, 7) is 6.38. The number of aromatic nitrogens is 2. The molecular weight excluding hydrogens is 447 g/mol. The molecule has 184 valence electrons. The lowest BCUT2D eigenvalue weighted by molar-refractivity contribution is 0.0504. The van der Waals surface area contributed by atoms with Crippen molar-refractivity contribution in [1.82, 2.24) is 20.2 Å². The number of likely N-dealkylation sites (tertiary alicyclic amines) is 1. The third-order valence-electron chi connectivity index (χ3n) is 5.08. The first-order valence-corrected chi connectivity index (χ1v) is 11.0. The van der Waals surface area contributed by atoms with Crippen LogP contribution in [0.15, 0.2) is 24.5 Å². The molecule has 0 atom stereocenters. The summed E-state index contributed by atoms with van der Waals surface area (Å²) in [5.41, 5.74) is 0.638. The first kappa shape index (κ1) is 25.2. The minimum atomic E-state index is -0.716. The molecule has 2 amide bonds. The molecule has 0 aliphatic carbocycles. The molecule has 0 saturated carbocycles. The average Bonchev–Trinajstić information content (AvgIpc) is 2.81. The fraction of sp³-hybridized carbons (Fsp3) is 0.478. The van der Waals surface area contributed by atoms with Gasteiger partial charge in [0.05, 0.1) is 11.7 Å². The van der Waals surface area contributed by atoms with Gasteiger partial charge in [-0.3, -0.25) is 4.79 Å². The summed E-state index contributed by atoms with van der Waals surface area (Å²) in [5.74, 6) is -0.813. The van der Waals surface area contributed by atoms with Gasteiger partial charge < -0.3 is 29.2 Å². The second-order valence-electron chi connectivity index (χ2n) is 8.03. The monoisotopic (exact) mass is 476 g/mol. The van der Waals surface area contributed by atoms with Gasteiger partial charge in [-0.05, 0) is 39.0 Å². The lowest BCUT2D eigenvalue weighted by atomic mass is 10.1. The third-order valence-corrected chi connectivity index (χ3v) is 5.08. The van der Waals surface area contributed by atoms with Crippen LogP contribution in [0.25, 0.3) is 0 Å². The molecule has 1 aliphatic heterocycles. The number of carbonyl (C=O) groups excluding carboxylic acids is 2. The van der Waals surface area contributed by atoms with Crippen molar-refractivity contribution in [2.24, 2.45) is 0 Å². The van der Waals surface area contributed by atoms with E-state index >= 15 is 0 Å². The standard InChI is InChI=1S/C23H29FN4O6/c1-14(2)32-23(30)28-9-7-17(8-10-28)33-21-15(3)22(26-12-25-21)34-19-6-5-16(11-18(19)24)20(29)27-13-31-4/h5-6,11-12,14,17H,7-10,13H2,1-4H3,(H,27,29). The summed E-state index contributed by atoms with van der Waals surface area (Å²) in [6.07, 6.45) is 1.87. The summed E-state index contributed by atoms with van der Waals surface area (Å²) < 4.78 is 36.2. The van der Waals surface area contributed by atoms with Crippen LogP contribution in [0.5, 0.6) is 17.5 Å². The van der Waals surface area contributed by atoms with E-state index in [9.17, 15) is 14.0 Å². The van der Waals surface area contributed by atoms with E-state index in [4.69, 9.17) is 18.9 Å². The summed E-state index contributed by atoms with van der Waals surface area (Å²) >= 11 is 0. The van der Waals surface area contributed by atoms with Gasteiger partial charge in [0.2, 0.25) is 11.8 Å². The van der Waals surface area contributed by atoms with Crippen LogP contribution in [0, 0.1) is 12.7 Å². The number of rotatable bonds is 8. The maximum Gasteiger partial charge on any atom is 0.410 e. The Balaban J connectivity index is 1.62. The second-order valence-corrected chi connectivity index (χ2v) is 8.03. The van der Waals surface area contributed by atoms with Crippen molar-refractivity contribution in [2.45, 2.75) is 45.8 Å². The fourth-order valence-electron chi connectivity index (χ4n) is 3.30. The Kier molecular flexibility index (Phi) is 8.58. The van der Waals surface area contributed by atoms with Crippen LogP contribution >= 0.6 is 0 Å². The van der Waals surface area contributed by atoms with Crippen LogP contribution in [-0.2, 0) is 9.47 Å². The van der Waals surface area contributed by atoms with Gasteiger partial charge in [0, 0.05) is 38.6 Å². The zero-order valence-electron chi connectivity index (χ0n) is 19.7. The number of nitrogens with one attached hydrogen (secondary N) is 1. The van der Waals surface area contributed by atoms with Gasteiger partial charge in [-0.25, -0.2) is 19.2 Å². The lowest BCUT2D eigenvalue weighted by Gasteiger charge is -2.31. The molecule has 1 saturated heterocycles. The average molecular weight is 477 g/mol. The highest BCUT2D eigenvalue weighted by Gasteiger charge is 2.26. The minimum absolute atomic E-state index is 0.0165. The molecule has 0 radical (unpaired) electrons. The Morgan fingerprint density at radius 1 is 1.21 bits per heavy atom. The molecule has 10 nitrogen and oxygen atoms in total. The van der Waals surface area contributed by atoms with E-state index in [0.717, 1.165) is 6.07 Å². The van der Waals surface area contributed by atoms with Crippen molar-refractivity contribution in [3.63, 3.8) is 0 Å². The first-order chi connectivity index (χ1) is 16.3. The van der Waals surface area contributed by atoms with Gasteiger partial charge in [0.15, 0.2) is 11.6 Å². The molecule has 1 N–H and O–H groups in total. The molecule has 1 aromatic carbocycles. The molecule has 11 heteroatoms. The quantitative estimate of drug-likeness (QED) is 0.577. The predicted octanol–water partition coefficient (Wildman–Crippen LogP) is 3.44. The van der Waals surface area contributed by atoms with E-state index in [1.165, 1.54) is 25.6 Å². The number of hydrogen-bond donors (Lipinski definition) is 1. The zero-order chi connectivity index (χ0) is 24.7. The number of piperidine rings is 1. The smallest absolute Gasteiger partial charge is 0.410 e. The van der Waals surface area contributed by atoms with Gasteiger partial charge in [-0.1, -0.05) is 0 Å². The van der Waals surface area contributed by atoms with Gasteiger partial charge in [0.1, 0.15) is 19.2 Å². The maximum absolute atomic E-state index is 14.6. The molecular formula is C23H29FN4O6. The van der Waals surface area contributed by atoms with Crippen molar-refractivity contribution in [1.29, 1.82) is 0 Å². The van der Waals surface area contributed by atoms with Gasteiger partial charge in [-0.2, -0.15) is 0 Å². The van der Waals surface area contributed by atoms with Crippen molar-refractivity contribution < 1.29 is 32.9 Å². The number of halogens is 1. The summed E-state index contributed by atoms with van der Waals surface area (Å²) in [5, 5.41) is 2.48. The normalized spacial score (nSPS) is 14.1. The Labute approximate surface area is 197 Å². The number of nitrogens with zero attached hydrogens (tertiary/aromatic N) is 3. The fourth-order valence-corrected chi connectivity index (χ4v) is 3.30. The van der Waals surface area contributed by atoms with Crippen LogP contribution in [0.1, 0.15) is 42.6 Å². The molecule has 0 unspecified atom stereocenters. The van der Waals surface area contributed by atoms with Crippen molar-refractivity contribution >= 4 is 12.0 Å². The Hall–Kier alpha value is -3.47. The highest BCUT2D eigenvalue weighted by atomic mass is 19.1. The van der Waals surface area contributed by atoms with E-state index in [1.54, 1.807) is 11.8 Å². The summed E-state index contributed by atoms with van der Waals surface area (Å²) in [4.78, 5) is 33.9. The molecule has 34 heavy (non-hydrogen) atoms. The van der Waals surface area contributed by atoms with Crippen molar-refractivity contribution in [3.8, 4) is 17.5 Å². The van der Waals surface area contributed by atoms with Crippen molar-refractivity contribution in [2.75, 3.05) is 26.9 Å². The SMILES string of the molecule is COCNC(=O)c1ccc(Oc2ncnc(OC3CCN(C(=O)OC(C)C)CC3)c2C)c(F)c1. The number of methoxy groups -OCH3 is 1. The summed E-state index contributed by atoms with van der Waals surface area (Å²) in [7, 11) is 1.44. The largest absolute Gasteiger partial charge is 0.474 e. The van der Waals surface area contributed by atoms with Crippen LogP contribution in [-0.4, -0.2) is 66.0 Å². The van der Waals surface area contributed by atoms with Crippen LogP contribution < -0.4 is 14.8 Å². The number of benzene rings is 1. The predicted molar refractivity (Wildman–Crippen MR) is 119 cm³/mol. The number of hydrogen-bond acceptors (Lipinski definition) is 8. The van der Waals surface area contributed by atoms with Gasteiger partial charge >= 0.3 is 6.09 Å². The number of carbonyl (C=O) groups is 2. The molecule has 1 aliphatic rings. The maximum atomic E-state index is 14.6. The van der Waals surface area contributed by atoms with E-state index in [0.29, 0.717) is 37.4 Å².